The van der Waals surface area contributed by atoms with E-state index in [1.165, 1.54) is 0 Å². The van der Waals surface area contributed by atoms with Gasteiger partial charge in [0, 0.05) is 22.4 Å². The standard InChI is InChI=1S/C15H13N3O2S/c16-14(19)18-15(20)10(7-17-18)8-21-13-11-4-2-1-3-9(11)5-6-12(13)15/h1-7,10,20H,8H2,(H2,16,19). The SMILES string of the molecule is NC(=O)N1N=CC2CSc3c(ccc4ccccc34)C21O. The molecule has 2 atom stereocenters. The second-order valence-corrected chi connectivity index (χ2v) is 6.25. The van der Waals surface area contributed by atoms with Crippen molar-refractivity contribution in [2.75, 3.05) is 5.75 Å². The maximum absolute atomic E-state index is 11.6. The fourth-order valence-corrected chi connectivity index (χ4v) is 4.44. The zero-order valence-electron chi connectivity index (χ0n) is 11.1. The Kier molecular flexibility index (Phi) is 2.55. The molecule has 0 saturated carbocycles. The van der Waals surface area contributed by atoms with Crippen LogP contribution in [0.2, 0.25) is 0 Å². The molecule has 0 aromatic heterocycles. The van der Waals surface area contributed by atoms with E-state index < -0.39 is 11.8 Å². The fraction of sp³-hybridized carbons (Fsp3) is 0.200. The summed E-state index contributed by atoms with van der Waals surface area (Å²) in [5.41, 5.74) is 4.58. The van der Waals surface area contributed by atoms with Crippen LogP contribution in [0.5, 0.6) is 0 Å². The molecular formula is C15H13N3O2S. The zero-order valence-corrected chi connectivity index (χ0v) is 11.9. The molecule has 0 spiro atoms. The first-order valence-corrected chi connectivity index (χ1v) is 7.62. The Balaban J connectivity index is 1.99. The number of hydrogen-bond donors (Lipinski definition) is 2. The molecule has 2 unspecified atom stereocenters. The molecule has 2 amide bonds. The monoisotopic (exact) mass is 299 g/mol. The van der Waals surface area contributed by atoms with E-state index in [4.69, 9.17) is 5.73 Å². The van der Waals surface area contributed by atoms with Crippen molar-refractivity contribution in [1.29, 1.82) is 0 Å². The molecule has 0 radical (unpaired) electrons. The van der Waals surface area contributed by atoms with Crippen LogP contribution in [0.4, 0.5) is 4.79 Å². The van der Waals surface area contributed by atoms with E-state index in [9.17, 15) is 9.90 Å². The predicted octanol–water partition coefficient (Wildman–Crippen LogP) is 2.09. The third kappa shape index (κ3) is 1.57. The van der Waals surface area contributed by atoms with Gasteiger partial charge in [-0.05, 0) is 10.8 Å². The average Bonchev–Trinajstić information content (AvgIpc) is 2.84. The number of fused-ring (bicyclic) bond motifs is 5. The lowest BCUT2D eigenvalue weighted by Crippen LogP contribution is -2.52. The summed E-state index contributed by atoms with van der Waals surface area (Å²) in [6.45, 7) is 0. The Morgan fingerprint density at radius 3 is 3.00 bits per heavy atom. The summed E-state index contributed by atoms with van der Waals surface area (Å²) in [7, 11) is 0. The van der Waals surface area contributed by atoms with Gasteiger partial charge in [0.15, 0.2) is 5.72 Å². The number of hydrogen-bond acceptors (Lipinski definition) is 4. The van der Waals surface area contributed by atoms with Gasteiger partial charge in [-0.1, -0.05) is 36.4 Å². The van der Waals surface area contributed by atoms with Crippen molar-refractivity contribution in [2.45, 2.75) is 10.6 Å². The molecule has 2 aliphatic heterocycles. The quantitative estimate of drug-likeness (QED) is 0.781. The van der Waals surface area contributed by atoms with Gasteiger partial charge in [0.2, 0.25) is 0 Å². The minimum absolute atomic E-state index is 0.247. The van der Waals surface area contributed by atoms with Crippen molar-refractivity contribution < 1.29 is 9.90 Å². The van der Waals surface area contributed by atoms with Gasteiger partial charge in [-0.25, -0.2) is 4.79 Å². The van der Waals surface area contributed by atoms with E-state index in [2.05, 4.69) is 5.10 Å². The summed E-state index contributed by atoms with van der Waals surface area (Å²) in [5, 5.41) is 18.3. The number of rotatable bonds is 0. The van der Waals surface area contributed by atoms with E-state index in [0.29, 0.717) is 11.3 Å². The summed E-state index contributed by atoms with van der Waals surface area (Å²) < 4.78 is 0. The second-order valence-electron chi connectivity index (χ2n) is 5.22. The molecule has 6 heteroatoms. The van der Waals surface area contributed by atoms with Crippen molar-refractivity contribution in [1.82, 2.24) is 5.01 Å². The van der Waals surface area contributed by atoms with Crippen molar-refractivity contribution in [2.24, 2.45) is 16.8 Å². The van der Waals surface area contributed by atoms with E-state index in [1.807, 2.05) is 36.4 Å². The van der Waals surface area contributed by atoms with E-state index in [-0.39, 0.29) is 5.92 Å². The minimum atomic E-state index is -1.48. The van der Waals surface area contributed by atoms with Crippen LogP contribution in [-0.4, -0.2) is 28.1 Å². The fourth-order valence-electron chi connectivity index (χ4n) is 3.06. The van der Waals surface area contributed by atoms with Crippen molar-refractivity contribution >= 4 is 34.8 Å². The third-order valence-electron chi connectivity index (χ3n) is 4.09. The van der Waals surface area contributed by atoms with E-state index >= 15 is 0 Å². The lowest BCUT2D eigenvalue weighted by atomic mass is 9.89. The number of urea groups is 1. The average molecular weight is 299 g/mol. The minimum Gasteiger partial charge on any atom is -0.365 e. The Labute approximate surface area is 125 Å². The first-order valence-electron chi connectivity index (χ1n) is 6.63. The number of nitrogens with two attached hydrogens (primary N) is 1. The summed E-state index contributed by atoms with van der Waals surface area (Å²) in [5.74, 6) is 0.411. The number of primary amides is 1. The molecule has 0 fully saturated rings. The van der Waals surface area contributed by atoms with Gasteiger partial charge >= 0.3 is 6.03 Å². The summed E-state index contributed by atoms with van der Waals surface area (Å²) >= 11 is 1.68. The lowest BCUT2D eigenvalue weighted by molar-refractivity contribution is -0.0966. The number of benzene rings is 2. The lowest BCUT2D eigenvalue weighted by Gasteiger charge is -2.39. The molecular weight excluding hydrogens is 286 g/mol. The van der Waals surface area contributed by atoms with Crippen LogP contribution >= 0.6 is 11.8 Å². The van der Waals surface area contributed by atoms with Crippen LogP contribution in [0.1, 0.15) is 5.56 Å². The third-order valence-corrected chi connectivity index (χ3v) is 5.35. The van der Waals surface area contributed by atoms with Crippen molar-refractivity contribution in [3.8, 4) is 0 Å². The highest BCUT2D eigenvalue weighted by molar-refractivity contribution is 7.99. The van der Waals surface area contributed by atoms with Crippen LogP contribution in [0.15, 0.2) is 46.4 Å². The molecule has 4 rings (SSSR count). The first-order chi connectivity index (χ1) is 10.1. The van der Waals surface area contributed by atoms with Gasteiger partial charge in [0.1, 0.15) is 0 Å². The van der Waals surface area contributed by atoms with Crippen molar-refractivity contribution in [3.63, 3.8) is 0 Å². The molecule has 0 bridgehead atoms. The number of nitrogens with zero attached hydrogens (tertiary/aromatic N) is 2. The highest BCUT2D eigenvalue weighted by Gasteiger charge is 2.53. The molecule has 3 N–H and O–H groups in total. The predicted molar refractivity (Wildman–Crippen MR) is 82.0 cm³/mol. The largest absolute Gasteiger partial charge is 0.365 e. The molecule has 0 aliphatic carbocycles. The maximum Gasteiger partial charge on any atom is 0.338 e. The molecule has 2 aromatic carbocycles. The van der Waals surface area contributed by atoms with Crippen LogP contribution in [-0.2, 0) is 5.72 Å². The van der Waals surface area contributed by atoms with Gasteiger partial charge in [-0.15, -0.1) is 11.8 Å². The van der Waals surface area contributed by atoms with Crippen LogP contribution in [0, 0.1) is 5.92 Å². The molecule has 106 valence electrons. The van der Waals surface area contributed by atoms with Gasteiger partial charge < -0.3 is 10.8 Å². The van der Waals surface area contributed by atoms with Gasteiger partial charge in [-0.2, -0.15) is 10.1 Å². The highest BCUT2D eigenvalue weighted by Crippen LogP contribution is 2.49. The maximum atomic E-state index is 11.6. The van der Waals surface area contributed by atoms with E-state index in [1.54, 1.807) is 18.0 Å². The number of thioether (sulfide) groups is 1. The van der Waals surface area contributed by atoms with Crippen molar-refractivity contribution in [3.05, 3.63) is 42.0 Å². The normalized spacial score (nSPS) is 26.7. The molecule has 2 heterocycles. The summed E-state index contributed by atoms with van der Waals surface area (Å²) in [6, 6.07) is 11.1. The molecule has 2 aromatic rings. The second kappa shape index (κ2) is 4.22. The number of amides is 2. The van der Waals surface area contributed by atoms with Gasteiger partial charge in [-0.3, -0.25) is 0 Å². The molecule has 5 nitrogen and oxygen atoms in total. The Morgan fingerprint density at radius 1 is 1.38 bits per heavy atom. The van der Waals surface area contributed by atoms with Crippen LogP contribution in [0.25, 0.3) is 10.8 Å². The smallest absolute Gasteiger partial charge is 0.338 e. The number of carbonyl (C=O) groups excluding carboxylic acids is 1. The first kappa shape index (κ1) is 12.7. The van der Waals surface area contributed by atoms with Crippen LogP contribution in [0.3, 0.4) is 0 Å². The zero-order chi connectivity index (χ0) is 14.6. The molecule has 2 aliphatic rings. The van der Waals surface area contributed by atoms with E-state index in [0.717, 1.165) is 20.7 Å². The Bertz CT molecular complexity index is 792. The molecule has 0 saturated heterocycles. The number of carbonyl (C=O) groups is 1. The highest BCUT2D eigenvalue weighted by atomic mass is 32.2. The van der Waals surface area contributed by atoms with Crippen LogP contribution < -0.4 is 5.73 Å². The summed E-state index contributed by atoms with van der Waals surface area (Å²) in [6.07, 6.45) is 1.61. The van der Waals surface area contributed by atoms with Gasteiger partial charge in [0.05, 0.1) is 5.92 Å². The summed E-state index contributed by atoms with van der Waals surface area (Å²) in [4.78, 5) is 12.6. The van der Waals surface area contributed by atoms with Gasteiger partial charge in [0.25, 0.3) is 0 Å². The Morgan fingerprint density at radius 2 is 2.19 bits per heavy atom. The number of hydrazone groups is 1. The molecule has 21 heavy (non-hydrogen) atoms. The topological polar surface area (TPSA) is 78.9 Å². The number of aliphatic hydroxyl groups is 1. The Hall–Kier alpha value is -2.05.